The number of piperidine rings is 1. The molecule has 2 aromatic rings. The third kappa shape index (κ3) is 5.59. The highest BCUT2D eigenvalue weighted by Gasteiger charge is 2.35. The number of benzene rings is 2. The molecule has 0 radical (unpaired) electrons. The Morgan fingerprint density at radius 3 is 2.33 bits per heavy atom. The van der Waals surface area contributed by atoms with Gasteiger partial charge in [-0.2, -0.15) is 5.10 Å². The molecule has 0 spiro atoms. The van der Waals surface area contributed by atoms with Crippen LogP contribution in [0.3, 0.4) is 0 Å². The molecule has 0 saturated carbocycles. The number of piperazine rings is 1. The number of carbonyl (C=O) groups is 1. The Labute approximate surface area is 215 Å². The van der Waals surface area contributed by atoms with Gasteiger partial charge in [0.15, 0.2) is 5.11 Å². The van der Waals surface area contributed by atoms with Crippen LogP contribution in [0.5, 0.6) is 0 Å². The zero-order valence-electron chi connectivity index (χ0n) is 20.6. The number of halogens is 2. The lowest BCUT2D eigenvalue weighted by atomic mass is 10.0. The van der Waals surface area contributed by atoms with E-state index in [9.17, 15) is 9.18 Å². The second kappa shape index (κ2) is 11.2. The Balaban J connectivity index is 1.61. The first-order chi connectivity index (χ1) is 17.3. The van der Waals surface area contributed by atoms with Gasteiger partial charge in [-0.3, -0.25) is 10.2 Å². The molecule has 2 saturated heterocycles. The van der Waals surface area contributed by atoms with Gasteiger partial charge in [-0.15, -0.1) is 0 Å². The SMILES string of the molecule is C[C@@H]1CN(c2cc(N3CCCCC3)c(C=NNC(N)=S)cc2F)C[C@H](C)N1C(=O)c1ccccc1F. The molecule has 2 fully saturated rings. The second-order valence-electron chi connectivity index (χ2n) is 9.44. The highest BCUT2D eigenvalue weighted by molar-refractivity contribution is 7.80. The van der Waals surface area contributed by atoms with Crippen LogP contribution in [0.4, 0.5) is 20.2 Å². The maximum absolute atomic E-state index is 15.5. The van der Waals surface area contributed by atoms with Gasteiger partial charge in [0.1, 0.15) is 11.6 Å². The van der Waals surface area contributed by atoms with Gasteiger partial charge in [-0.25, -0.2) is 8.78 Å². The minimum absolute atomic E-state index is 0.0358. The lowest BCUT2D eigenvalue weighted by molar-refractivity contribution is 0.0569. The van der Waals surface area contributed by atoms with Crippen LogP contribution < -0.4 is 21.0 Å². The molecule has 4 rings (SSSR count). The molecule has 7 nitrogen and oxygen atoms in total. The standard InChI is InChI=1S/C26H32F2N6OS/c1-17-15-33(16-18(2)34(17)25(35)20-8-4-5-9-21(20)27)24-13-23(32-10-6-3-7-11-32)19(12-22(24)28)14-30-31-26(29)36/h4-5,8-9,12-14,17-18H,3,6-7,10-11,15-16H2,1-2H3,(H3,29,31,36)/t17-,18+. The van der Waals surface area contributed by atoms with Crippen LogP contribution in [0.15, 0.2) is 41.5 Å². The van der Waals surface area contributed by atoms with Crippen LogP contribution in [0, 0.1) is 11.6 Å². The van der Waals surface area contributed by atoms with Crippen molar-refractivity contribution in [1.29, 1.82) is 0 Å². The Morgan fingerprint density at radius 2 is 1.69 bits per heavy atom. The maximum atomic E-state index is 15.5. The summed E-state index contributed by atoms with van der Waals surface area (Å²) in [6.07, 6.45) is 4.84. The number of hydrazone groups is 1. The van der Waals surface area contributed by atoms with Crippen LogP contribution in [0.1, 0.15) is 49.0 Å². The Morgan fingerprint density at radius 1 is 1.03 bits per heavy atom. The van der Waals surface area contributed by atoms with Crippen molar-refractivity contribution in [3.05, 3.63) is 59.2 Å². The van der Waals surface area contributed by atoms with E-state index in [1.165, 1.54) is 30.8 Å². The fourth-order valence-corrected chi connectivity index (χ4v) is 5.23. The molecule has 3 N–H and O–H groups in total. The summed E-state index contributed by atoms with van der Waals surface area (Å²) in [5.74, 6) is -1.26. The summed E-state index contributed by atoms with van der Waals surface area (Å²) in [6.45, 7) is 6.44. The minimum atomic E-state index is -0.538. The van der Waals surface area contributed by atoms with Crippen molar-refractivity contribution < 1.29 is 13.6 Å². The third-order valence-corrected chi connectivity index (χ3v) is 6.86. The van der Waals surface area contributed by atoms with Crippen molar-refractivity contribution in [2.45, 2.75) is 45.2 Å². The molecule has 2 heterocycles. The van der Waals surface area contributed by atoms with Crippen molar-refractivity contribution in [3.63, 3.8) is 0 Å². The number of anilines is 2. The summed E-state index contributed by atoms with van der Waals surface area (Å²) in [7, 11) is 0. The van der Waals surface area contributed by atoms with E-state index >= 15 is 4.39 Å². The summed E-state index contributed by atoms with van der Waals surface area (Å²) in [4.78, 5) is 19.1. The molecule has 2 aliphatic heterocycles. The van der Waals surface area contributed by atoms with E-state index in [2.05, 4.69) is 15.4 Å². The van der Waals surface area contributed by atoms with E-state index in [4.69, 9.17) is 18.0 Å². The molecule has 192 valence electrons. The number of rotatable bonds is 5. The zero-order valence-corrected chi connectivity index (χ0v) is 21.4. The van der Waals surface area contributed by atoms with Gasteiger partial charge in [0.2, 0.25) is 0 Å². The number of carbonyl (C=O) groups excluding carboxylic acids is 1. The van der Waals surface area contributed by atoms with Crippen molar-refractivity contribution >= 4 is 40.8 Å². The van der Waals surface area contributed by atoms with E-state index in [0.29, 0.717) is 24.3 Å². The van der Waals surface area contributed by atoms with Crippen molar-refractivity contribution in [2.75, 3.05) is 36.0 Å². The van der Waals surface area contributed by atoms with E-state index < -0.39 is 5.82 Å². The van der Waals surface area contributed by atoms with Gasteiger partial charge >= 0.3 is 0 Å². The molecule has 2 atom stereocenters. The van der Waals surface area contributed by atoms with Crippen LogP contribution >= 0.6 is 12.2 Å². The Hall–Kier alpha value is -3.27. The Bertz CT molecular complexity index is 1140. The largest absolute Gasteiger partial charge is 0.375 e. The van der Waals surface area contributed by atoms with Crippen molar-refractivity contribution in [2.24, 2.45) is 10.8 Å². The number of thiocarbonyl (C=S) groups is 1. The molecule has 0 aromatic heterocycles. The summed E-state index contributed by atoms with van der Waals surface area (Å²) >= 11 is 4.80. The van der Waals surface area contributed by atoms with Gasteiger partial charge in [0.25, 0.3) is 5.91 Å². The predicted octanol–water partition coefficient (Wildman–Crippen LogP) is 3.86. The average Bonchev–Trinajstić information content (AvgIpc) is 2.84. The van der Waals surface area contributed by atoms with Crippen molar-refractivity contribution in [1.82, 2.24) is 10.3 Å². The van der Waals surface area contributed by atoms with Gasteiger partial charge in [0, 0.05) is 49.5 Å². The first-order valence-corrected chi connectivity index (χ1v) is 12.7. The van der Waals surface area contributed by atoms with Gasteiger partial charge in [-0.05, 0) is 69.6 Å². The number of hydrogen-bond acceptors (Lipinski definition) is 5. The second-order valence-corrected chi connectivity index (χ2v) is 9.88. The quantitative estimate of drug-likeness (QED) is 0.359. The highest BCUT2D eigenvalue weighted by Crippen LogP contribution is 2.33. The lowest BCUT2D eigenvalue weighted by Gasteiger charge is -2.45. The smallest absolute Gasteiger partial charge is 0.257 e. The number of hydrogen-bond donors (Lipinski definition) is 2. The fourth-order valence-electron chi connectivity index (χ4n) is 5.18. The molecule has 2 aromatic carbocycles. The van der Waals surface area contributed by atoms with Gasteiger partial charge in [-0.1, -0.05) is 12.1 Å². The number of nitrogens with two attached hydrogens (primary N) is 1. The molecule has 0 bridgehead atoms. The average molecular weight is 515 g/mol. The minimum Gasteiger partial charge on any atom is -0.375 e. The molecule has 1 amide bonds. The molecule has 10 heteroatoms. The van der Waals surface area contributed by atoms with Gasteiger partial charge < -0.3 is 20.4 Å². The van der Waals surface area contributed by atoms with Crippen molar-refractivity contribution in [3.8, 4) is 0 Å². The van der Waals surface area contributed by atoms with Crippen LogP contribution in [-0.4, -0.2) is 60.4 Å². The first-order valence-electron chi connectivity index (χ1n) is 12.3. The van der Waals surface area contributed by atoms with Crippen LogP contribution in [0.2, 0.25) is 0 Å². The normalized spacial score (nSPS) is 20.6. The van der Waals surface area contributed by atoms with Crippen LogP contribution in [0.25, 0.3) is 0 Å². The molecular weight excluding hydrogens is 482 g/mol. The molecular formula is C26H32F2N6OS. The van der Waals surface area contributed by atoms with E-state index in [-0.39, 0.29) is 34.5 Å². The molecule has 0 unspecified atom stereocenters. The monoisotopic (exact) mass is 514 g/mol. The summed E-state index contributed by atoms with van der Waals surface area (Å²) < 4.78 is 29.8. The number of amides is 1. The van der Waals surface area contributed by atoms with E-state index in [0.717, 1.165) is 31.6 Å². The summed E-state index contributed by atoms with van der Waals surface area (Å²) in [5, 5.41) is 4.08. The predicted molar refractivity (Wildman–Crippen MR) is 144 cm³/mol. The summed E-state index contributed by atoms with van der Waals surface area (Å²) in [6, 6.07) is 8.88. The highest BCUT2D eigenvalue weighted by atomic mass is 32.1. The van der Waals surface area contributed by atoms with Crippen LogP contribution in [-0.2, 0) is 0 Å². The molecule has 36 heavy (non-hydrogen) atoms. The Kier molecular flexibility index (Phi) is 8.03. The fraction of sp³-hybridized carbons (Fsp3) is 0.423. The van der Waals surface area contributed by atoms with E-state index in [1.807, 2.05) is 24.8 Å². The number of nitrogens with zero attached hydrogens (tertiary/aromatic N) is 4. The number of nitrogens with one attached hydrogen (secondary N) is 1. The van der Waals surface area contributed by atoms with E-state index in [1.54, 1.807) is 17.0 Å². The van der Waals surface area contributed by atoms with Gasteiger partial charge in [0.05, 0.1) is 17.5 Å². The lowest BCUT2D eigenvalue weighted by Crippen LogP contribution is -2.59. The topological polar surface area (TPSA) is 77.2 Å². The molecule has 2 aliphatic rings. The first kappa shape index (κ1) is 25.8. The molecule has 0 aliphatic carbocycles. The third-order valence-electron chi connectivity index (χ3n) is 6.77. The maximum Gasteiger partial charge on any atom is 0.257 e. The zero-order chi connectivity index (χ0) is 25.8. The summed E-state index contributed by atoms with van der Waals surface area (Å²) in [5.41, 5.74) is 10.0.